The summed E-state index contributed by atoms with van der Waals surface area (Å²) in [5.74, 6) is 1.05. The first kappa shape index (κ1) is 12.8. The Morgan fingerprint density at radius 3 is 2.71 bits per heavy atom. The summed E-state index contributed by atoms with van der Waals surface area (Å²) in [5.41, 5.74) is 0. The first-order valence-electron chi connectivity index (χ1n) is 6.57. The van der Waals surface area contributed by atoms with E-state index in [9.17, 15) is 4.79 Å². The van der Waals surface area contributed by atoms with Crippen LogP contribution in [0.2, 0.25) is 0 Å². The molecule has 4 nitrogen and oxygen atoms in total. The average Bonchev–Trinajstić information content (AvgIpc) is 3.14. The van der Waals surface area contributed by atoms with Crippen molar-refractivity contribution in [2.75, 3.05) is 33.9 Å². The number of esters is 1. The van der Waals surface area contributed by atoms with E-state index in [1.54, 1.807) is 7.11 Å². The van der Waals surface area contributed by atoms with Gasteiger partial charge in [-0.1, -0.05) is 0 Å². The number of nitrogens with zero attached hydrogens (tertiary/aromatic N) is 1. The van der Waals surface area contributed by atoms with Gasteiger partial charge in [0.25, 0.3) is 0 Å². The number of carbonyl (C=O) groups excluding carboxylic acids is 1. The molecule has 0 spiro atoms. The quantitative estimate of drug-likeness (QED) is 0.680. The second-order valence-corrected chi connectivity index (χ2v) is 5.26. The molecule has 0 amide bonds. The SMILES string of the molecule is COCC1CCCN(C(C(=O)OC)C2CC2)C1. The van der Waals surface area contributed by atoms with Gasteiger partial charge in [0.15, 0.2) is 0 Å². The van der Waals surface area contributed by atoms with Gasteiger partial charge in [-0.3, -0.25) is 9.69 Å². The molecule has 0 aromatic carbocycles. The maximum Gasteiger partial charge on any atom is 0.323 e. The first-order chi connectivity index (χ1) is 8.26. The van der Waals surface area contributed by atoms with E-state index in [1.807, 2.05) is 0 Å². The second kappa shape index (κ2) is 5.83. The Kier molecular flexibility index (Phi) is 4.40. The van der Waals surface area contributed by atoms with Crippen LogP contribution in [0.25, 0.3) is 0 Å². The summed E-state index contributed by atoms with van der Waals surface area (Å²) >= 11 is 0. The summed E-state index contributed by atoms with van der Waals surface area (Å²) in [4.78, 5) is 14.2. The van der Waals surface area contributed by atoms with Gasteiger partial charge in [-0.15, -0.1) is 0 Å². The van der Waals surface area contributed by atoms with Crippen LogP contribution >= 0.6 is 0 Å². The molecule has 1 aliphatic heterocycles. The van der Waals surface area contributed by atoms with Gasteiger partial charge in [0.2, 0.25) is 0 Å². The van der Waals surface area contributed by atoms with Crippen molar-refractivity contribution in [3.63, 3.8) is 0 Å². The van der Waals surface area contributed by atoms with Crippen molar-refractivity contribution in [3.05, 3.63) is 0 Å². The summed E-state index contributed by atoms with van der Waals surface area (Å²) < 4.78 is 10.2. The minimum atomic E-state index is -0.0504. The molecule has 1 saturated carbocycles. The van der Waals surface area contributed by atoms with Crippen LogP contribution in [0.5, 0.6) is 0 Å². The highest BCUT2D eigenvalue weighted by Gasteiger charge is 2.42. The molecule has 1 saturated heterocycles. The van der Waals surface area contributed by atoms with Crippen molar-refractivity contribution >= 4 is 5.97 Å². The number of hydrogen-bond donors (Lipinski definition) is 0. The zero-order valence-electron chi connectivity index (χ0n) is 10.9. The summed E-state index contributed by atoms with van der Waals surface area (Å²) in [7, 11) is 3.24. The maximum absolute atomic E-state index is 11.9. The zero-order chi connectivity index (χ0) is 12.3. The van der Waals surface area contributed by atoms with Crippen LogP contribution < -0.4 is 0 Å². The molecule has 98 valence electrons. The minimum absolute atomic E-state index is 0.000318. The van der Waals surface area contributed by atoms with Crippen molar-refractivity contribution in [3.8, 4) is 0 Å². The van der Waals surface area contributed by atoms with Crippen LogP contribution in [0.4, 0.5) is 0 Å². The molecule has 2 aliphatic rings. The lowest BCUT2D eigenvalue weighted by Gasteiger charge is -2.36. The molecule has 4 heteroatoms. The second-order valence-electron chi connectivity index (χ2n) is 5.26. The van der Waals surface area contributed by atoms with Crippen LogP contribution in [0, 0.1) is 11.8 Å². The highest BCUT2D eigenvalue weighted by atomic mass is 16.5. The third-order valence-corrected chi connectivity index (χ3v) is 3.86. The predicted molar refractivity (Wildman–Crippen MR) is 64.7 cm³/mol. The predicted octanol–water partition coefficient (Wildman–Crippen LogP) is 1.30. The lowest BCUT2D eigenvalue weighted by Crippen LogP contribution is -2.49. The molecule has 2 atom stereocenters. The van der Waals surface area contributed by atoms with E-state index in [4.69, 9.17) is 9.47 Å². The standard InChI is InChI=1S/C13H23NO3/c1-16-9-10-4-3-7-14(8-10)12(11-5-6-11)13(15)17-2/h10-12H,3-9H2,1-2H3. The van der Waals surface area contributed by atoms with Crippen LogP contribution in [0.3, 0.4) is 0 Å². The minimum Gasteiger partial charge on any atom is -0.468 e. The van der Waals surface area contributed by atoms with E-state index in [-0.39, 0.29) is 12.0 Å². The van der Waals surface area contributed by atoms with Crippen LogP contribution in [0.1, 0.15) is 25.7 Å². The smallest absolute Gasteiger partial charge is 0.323 e. The fourth-order valence-corrected chi connectivity index (χ4v) is 2.89. The van der Waals surface area contributed by atoms with E-state index in [0.717, 1.165) is 26.1 Å². The molecular formula is C13H23NO3. The van der Waals surface area contributed by atoms with Crippen molar-refractivity contribution in [2.24, 2.45) is 11.8 Å². The molecule has 17 heavy (non-hydrogen) atoms. The molecule has 2 rings (SSSR count). The lowest BCUT2D eigenvalue weighted by molar-refractivity contribution is -0.149. The highest BCUT2D eigenvalue weighted by molar-refractivity contribution is 5.76. The summed E-state index contributed by atoms with van der Waals surface area (Å²) in [5, 5.41) is 0. The Labute approximate surface area is 103 Å². The Bertz CT molecular complexity index is 263. The lowest BCUT2D eigenvalue weighted by atomic mass is 9.96. The average molecular weight is 241 g/mol. The number of rotatable bonds is 5. The van der Waals surface area contributed by atoms with Crippen molar-refractivity contribution in [1.29, 1.82) is 0 Å². The van der Waals surface area contributed by atoms with E-state index >= 15 is 0 Å². The molecule has 0 aromatic rings. The van der Waals surface area contributed by atoms with Gasteiger partial charge in [0.05, 0.1) is 13.7 Å². The molecule has 1 heterocycles. The topological polar surface area (TPSA) is 38.8 Å². The highest BCUT2D eigenvalue weighted by Crippen LogP contribution is 2.37. The number of carbonyl (C=O) groups is 1. The summed E-state index contributed by atoms with van der Waals surface area (Å²) in [6.07, 6.45) is 4.72. The Morgan fingerprint density at radius 1 is 1.35 bits per heavy atom. The molecule has 0 radical (unpaired) electrons. The Morgan fingerprint density at radius 2 is 2.12 bits per heavy atom. The number of ether oxygens (including phenoxy) is 2. The molecule has 0 aromatic heterocycles. The summed E-state index contributed by atoms with van der Waals surface area (Å²) in [6.45, 7) is 2.80. The van der Waals surface area contributed by atoms with Gasteiger partial charge in [0.1, 0.15) is 6.04 Å². The fourth-order valence-electron chi connectivity index (χ4n) is 2.89. The molecule has 0 bridgehead atoms. The monoisotopic (exact) mass is 241 g/mol. The molecule has 0 N–H and O–H groups in total. The van der Waals surface area contributed by atoms with Gasteiger partial charge in [-0.05, 0) is 44.1 Å². The van der Waals surface area contributed by atoms with Crippen molar-refractivity contribution in [2.45, 2.75) is 31.7 Å². The largest absolute Gasteiger partial charge is 0.468 e. The van der Waals surface area contributed by atoms with E-state index in [1.165, 1.54) is 26.4 Å². The van der Waals surface area contributed by atoms with E-state index in [2.05, 4.69) is 4.90 Å². The van der Waals surface area contributed by atoms with Gasteiger partial charge in [-0.25, -0.2) is 0 Å². The van der Waals surface area contributed by atoms with Crippen LogP contribution in [-0.2, 0) is 14.3 Å². The number of hydrogen-bond acceptors (Lipinski definition) is 4. The zero-order valence-corrected chi connectivity index (χ0v) is 10.9. The van der Waals surface area contributed by atoms with Crippen LogP contribution in [-0.4, -0.2) is 50.8 Å². The maximum atomic E-state index is 11.9. The Balaban J connectivity index is 1.95. The van der Waals surface area contributed by atoms with Crippen molar-refractivity contribution in [1.82, 2.24) is 4.90 Å². The van der Waals surface area contributed by atoms with Gasteiger partial charge >= 0.3 is 5.97 Å². The van der Waals surface area contributed by atoms with Crippen LogP contribution in [0.15, 0.2) is 0 Å². The third-order valence-electron chi connectivity index (χ3n) is 3.86. The molecule has 2 unspecified atom stereocenters. The third kappa shape index (κ3) is 3.19. The molecule has 2 fully saturated rings. The molecular weight excluding hydrogens is 218 g/mol. The molecule has 1 aliphatic carbocycles. The number of piperidine rings is 1. The van der Waals surface area contributed by atoms with E-state index in [0.29, 0.717) is 11.8 Å². The fraction of sp³-hybridized carbons (Fsp3) is 0.923. The number of likely N-dealkylation sites (tertiary alicyclic amines) is 1. The summed E-state index contributed by atoms with van der Waals surface area (Å²) in [6, 6.07) is -0.000318. The van der Waals surface area contributed by atoms with Gasteiger partial charge in [0, 0.05) is 13.7 Å². The van der Waals surface area contributed by atoms with E-state index < -0.39 is 0 Å². The van der Waals surface area contributed by atoms with Gasteiger partial charge in [-0.2, -0.15) is 0 Å². The van der Waals surface area contributed by atoms with Crippen molar-refractivity contribution < 1.29 is 14.3 Å². The Hall–Kier alpha value is -0.610. The van der Waals surface area contributed by atoms with Gasteiger partial charge < -0.3 is 9.47 Å². The first-order valence-corrected chi connectivity index (χ1v) is 6.57. The number of methoxy groups -OCH3 is 2. The normalized spacial score (nSPS) is 27.8.